The van der Waals surface area contributed by atoms with Crippen LogP contribution < -0.4 is 10.0 Å². The highest BCUT2D eigenvalue weighted by atomic mass is 35.5. The van der Waals surface area contributed by atoms with Gasteiger partial charge in [0.25, 0.3) is 5.92 Å². The zero-order valence-corrected chi connectivity index (χ0v) is 38.4. The molecule has 364 valence electrons. The molecule has 1 saturated carbocycles. The molecule has 2 aromatic carbocycles. The van der Waals surface area contributed by atoms with Crippen molar-refractivity contribution in [3.8, 4) is 23.0 Å². The van der Waals surface area contributed by atoms with Crippen LogP contribution in [0.2, 0.25) is 5.02 Å². The molecule has 68 heavy (non-hydrogen) atoms. The molecule has 5 aromatic rings. The minimum Gasteiger partial charge on any atom is -0.346 e. The molecule has 25 heteroatoms. The SMILES string of the molecule is CC(C)(C#Cc1nc([C@@H](Cc2cc(F)cc(F)c2)NC(=O)Cn2nc(C(F)(F)F)c3c2C(F)(F)[C@@H]2CC[C@H]32)c(-c2ccc(Cl)c3c(NS(C)(=O)=O)nn(CC(F)(F)F)c23)c2c1CCC2)S(C)(=O)=O. The number of carbonyl (C=O) groups is 1. The number of amides is 1. The van der Waals surface area contributed by atoms with Crippen LogP contribution in [0, 0.1) is 29.4 Å². The van der Waals surface area contributed by atoms with Crippen LogP contribution in [0.1, 0.15) is 90.1 Å². The molecular weight excluding hydrogens is 984 g/mol. The van der Waals surface area contributed by atoms with E-state index in [2.05, 4.69) is 32.1 Å². The van der Waals surface area contributed by atoms with Crippen molar-refractivity contribution in [1.82, 2.24) is 29.9 Å². The number of nitrogens with one attached hydrogen (secondary N) is 2. The standard InChI is InChI=1S/C43H38ClF10N7O5S2/c1-40(2,67(3,63)64)13-12-29-23-6-5-7-24(23)32(26-9-11-28(44)34-36(26)61(19-41(47,48)49)58-39(34)59-68(4,65)66)35(56-29)30(16-20-14-21(45)17-22(46)15-20)55-31(62)18-60-38-33(37(57-60)43(52,53)54)25-8-10-27(25)42(38,50)51/h9,11,14-15,17,25,27,30H,5-8,10,16,18-19H2,1-4H3,(H,55,62)(H,58,59)/t25-,27+,30+/m0/s1. The van der Waals surface area contributed by atoms with Crippen molar-refractivity contribution >= 4 is 54.1 Å². The van der Waals surface area contributed by atoms with Crippen molar-refractivity contribution < 1.29 is 65.5 Å². The van der Waals surface area contributed by atoms with Crippen LogP contribution >= 0.6 is 11.6 Å². The van der Waals surface area contributed by atoms with Crippen molar-refractivity contribution in [2.45, 2.75) is 100 Å². The van der Waals surface area contributed by atoms with E-state index < -0.39 is 126 Å². The number of aromatic nitrogens is 5. The summed E-state index contributed by atoms with van der Waals surface area (Å²) in [5.74, 6) is -5.05. The molecule has 1 amide bonds. The fourth-order valence-corrected chi connectivity index (χ4v) is 10.1. The number of alkyl halides is 8. The molecular formula is C43H38ClF10N7O5S2. The van der Waals surface area contributed by atoms with E-state index in [9.17, 15) is 56.8 Å². The third kappa shape index (κ3) is 9.12. The van der Waals surface area contributed by atoms with Gasteiger partial charge in [0.2, 0.25) is 15.9 Å². The number of rotatable bonds is 11. The van der Waals surface area contributed by atoms with Gasteiger partial charge in [-0.15, -0.1) is 0 Å². The van der Waals surface area contributed by atoms with Crippen molar-refractivity contribution in [2.24, 2.45) is 5.92 Å². The molecule has 3 aromatic heterocycles. The Hall–Kier alpha value is -5.41. The first-order valence-electron chi connectivity index (χ1n) is 20.7. The van der Waals surface area contributed by atoms with Crippen LogP contribution in [-0.2, 0) is 69.1 Å². The average molecular weight is 1020 g/mol. The maximum absolute atomic E-state index is 15.8. The van der Waals surface area contributed by atoms with E-state index in [-0.39, 0.29) is 68.9 Å². The third-order valence-corrected chi connectivity index (χ3v) is 15.3. The van der Waals surface area contributed by atoms with E-state index in [1.165, 1.54) is 26.0 Å². The van der Waals surface area contributed by atoms with Gasteiger partial charge in [0.05, 0.1) is 33.9 Å². The topological polar surface area (TPSA) is 158 Å². The number of pyridine rings is 1. The van der Waals surface area contributed by atoms with E-state index in [0.29, 0.717) is 34.6 Å². The zero-order chi connectivity index (χ0) is 49.8. The van der Waals surface area contributed by atoms with Gasteiger partial charge in [0.15, 0.2) is 21.3 Å². The molecule has 3 atom stereocenters. The second-order valence-electron chi connectivity index (χ2n) is 17.7. The Morgan fingerprint density at radius 2 is 1.62 bits per heavy atom. The van der Waals surface area contributed by atoms with Gasteiger partial charge >= 0.3 is 12.4 Å². The highest BCUT2D eigenvalue weighted by Crippen LogP contribution is 2.64. The Morgan fingerprint density at radius 3 is 2.21 bits per heavy atom. The molecule has 3 aliphatic rings. The monoisotopic (exact) mass is 1020 g/mol. The number of sulfonamides is 1. The number of fused-ring (bicyclic) bond motifs is 5. The Balaban J connectivity index is 1.39. The number of sulfone groups is 1. The van der Waals surface area contributed by atoms with Crippen LogP contribution in [0.5, 0.6) is 0 Å². The van der Waals surface area contributed by atoms with Crippen molar-refractivity contribution in [3.05, 3.63) is 92.0 Å². The van der Waals surface area contributed by atoms with Gasteiger partial charge in [-0.25, -0.2) is 30.6 Å². The number of carbonyl (C=O) groups excluding carboxylic acids is 1. The van der Waals surface area contributed by atoms with Crippen LogP contribution in [0.3, 0.4) is 0 Å². The van der Waals surface area contributed by atoms with Gasteiger partial charge in [-0.3, -0.25) is 18.9 Å². The quantitative estimate of drug-likeness (QED) is 0.0985. The number of anilines is 1. The highest BCUT2D eigenvalue weighted by molar-refractivity contribution is 7.92. The molecule has 1 fully saturated rings. The average Bonchev–Trinajstić information content (AvgIpc) is 3.90. The number of benzene rings is 2. The van der Waals surface area contributed by atoms with Gasteiger partial charge < -0.3 is 5.32 Å². The summed E-state index contributed by atoms with van der Waals surface area (Å²) in [5.41, 5.74) is -3.83. The van der Waals surface area contributed by atoms with Crippen molar-refractivity contribution in [1.29, 1.82) is 0 Å². The van der Waals surface area contributed by atoms with Crippen LogP contribution in [-0.4, -0.2) is 70.7 Å². The van der Waals surface area contributed by atoms with Gasteiger partial charge in [-0.2, -0.15) is 45.3 Å². The van der Waals surface area contributed by atoms with Crippen LogP contribution in [0.4, 0.5) is 49.7 Å². The van der Waals surface area contributed by atoms with E-state index in [0.717, 1.165) is 18.4 Å². The lowest BCUT2D eigenvalue weighted by Gasteiger charge is -2.34. The number of hydrogen-bond acceptors (Lipinski definition) is 8. The van der Waals surface area contributed by atoms with E-state index in [1.807, 2.05) is 0 Å². The molecule has 0 aliphatic heterocycles. The number of halogens is 11. The minimum atomic E-state index is -5.19. The van der Waals surface area contributed by atoms with Crippen LogP contribution in [0.15, 0.2) is 30.3 Å². The fourth-order valence-electron chi connectivity index (χ4n) is 9.17. The lowest BCUT2D eigenvalue weighted by atomic mass is 9.73. The van der Waals surface area contributed by atoms with E-state index in [4.69, 9.17) is 16.6 Å². The molecule has 2 N–H and O–H groups in total. The number of nitrogens with zero attached hydrogens (tertiary/aromatic N) is 5. The van der Waals surface area contributed by atoms with Crippen molar-refractivity contribution in [2.75, 3.05) is 17.2 Å². The fraction of sp³-hybridized carbons (Fsp3) is 0.442. The molecule has 3 heterocycles. The first-order valence-corrected chi connectivity index (χ1v) is 24.8. The molecule has 3 aliphatic carbocycles. The van der Waals surface area contributed by atoms with Gasteiger partial charge in [0.1, 0.15) is 40.9 Å². The Bertz CT molecular complexity index is 3210. The maximum atomic E-state index is 15.8. The molecule has 0 radical (unpaired) electrons. The van der Waals surface area contributed by atoms with Gasteiger partial charge in [-0.1, -0.05) is 23.6 Å². The first kappa shape index (κ1) is 49.0. The molecule has 8 rings (SSSR count). The predicted octanol–water partition coefficient (Wildman–Crippen LogP) is 8.54. The summed E-state index contributed by atoms with van der Waals surface area (Å²) < 4.78 is 199. The molecule has 12 nitrogen and oxygen atoms in total. The Morgan fingerprint density at radius 1 is 0.956 bits per heavy atom. The Kier molecular flexibility index (Phi) is 12.0. The highest BCUT2D eigenvalue weighted by Gasteiger charge is 2.63. The second kappa shape index (κ2) is 16.6. The number of hydrogen-bond donors (Lipinski definition) is 2. The van der Waals surface area contributed by atoms with Gasteiger partial charge in [-0.05, 0) is 99.1 Å². The second-order valence-corrected chi connectivity index (χ2v) is 22.4. The zero-order valence-electron chi connectivity index (χ0n) is 36.0. The van der Waals surface area contributed by atoms with E-state index in [1.54, 1.807) is 0 Å². The summed E-state index contributed by atoms with van der Waals surface area (Å²) in [6.45, 7) is -0.431. The van der Waals surface area contributed by atoms with Crippen molar-refractivity contribution in [3.63, 3.8) is 0 Å². The lowest BCUT2D eigenvalue weighted by Crippen LogP contribution is -2.36. The first-order chi connectivity index (χ1) is 31.3. The summed E-state index contributed by atoms with van der Waals surface area (Å²) in [6, 6.07) is 3.08. The largest absolute Gasteiger partial charge is 0.435 e. The molecule has 0 saturated heterocycles. The third-order valence-electron chi connectivity index (χ3n) is 12.4. The Labute approximate surface area is 386 Å². The molecule has 0 bridgehead atoms. The summed E-state index contributed by atoms with van der Waals surface area (Å²) in [4.78, 5) is 19.1. The predicted molar refractivity (Wildman–Crippen MR) is 228 cm³/mol. The lowest BCUT2D eigenvalue weighted by molar-refractivity contribution is -0.144. The summed E-state index contributed by atoms with van der Waals surface area (Å²) in [7, 11) is -8.09. The minimum absolute atomic E-state index is 0.0194. The molecule has 0 unspecified atom stereocenters. The van der Waals surface area contributed by atoms with Crippen LogP contribution in [0.25, 0.3) is 22.0 Å². The van der Waals surface area contributed by atoms with E-state index >= 15 is 8.78 Å². The smallest absolute Gasteiger partial charge is 0.346 e. The summed E-state index contributed by atoms with van der Waals surface area (Å²) in [5, 5.41) is 9.37. The van der Waals surface area contributed by atoms with Gasteiger partial charge in [0, 0.05) is 34.9 Å². The normalized spacial score (nSPS) is 18.3. The maximum Gasteiger partial charge on any atom is 0.435 e. The molecule has 0 spiro atoms. The summed E-state index contributed by atoms with van der Waals surface area (Å²) in [6.07, 6.45) is -8.52. The summed E-state index contributed by atoms with van der Waals surface area (Å²) >= 11 is 6.58.